The molecule has 1 aliphatic carbocycles. The van der Waals surface area contributed by atoms with Crippen LogP contribution in [0.3, 0.4) is 0 Å². The maximum atomic E-state index is 11.6. The molecule has 2 heteroatoms. The van der Waals surface area contributed by atoms with Crippen molar-refractivity contribution in [3.05, 3.63) is 53.0 Å². The molecule has 0 amide bonds. The van der Waals surface area contributed by atoms with Crippen LogP contribution in [0.2, 0.25) is 0 Å². The molecule has 0 bridgehead atoms. The summed E-state index contributed by atoms with van der Waals surface area (Å²) in [6.07, 6.45) is 9.15. The molecular formula is C17H16O2. The van der Waals surface area contributed by atoms with Crippen molar-refractivity contribution in [3.63, 3.8) is 0 Å². The van der Waals surface area contributed by atoms with Gasteiger partial charge in [-0.05, 0) is 24.0 Å². The lowest BCUT2D eigenvalue weighted by molar-refractivity contribution is -0.115. The van der Waals surface area contributed by atoms with E-state index in [2.05, 4.69) is 5.92 Å². The van der Waals surface area contributed by atoms with Gasteiger partial charge in [-0.15, -0.1) is 6.42 Å². The van der Waals surface area contributed by atoms with Crippen LogP contribution in [-0.2, 0) is 9.53 Å². The molecule has 0 fully saturated rings. The SMILES string of the molecule is C#C/C(=C\c1ccccc1)OC1=C(CC)C(=O)CC1. The van der Waals surface area contributed by atoms with Crippen LogP contribution in [0.25, 0.3) is 6.08 Å². The number of terminal acetylenes is 1. The second-order valence-electron chi connectivity index (χ2n) is 4.34. The molecule has 0 saturated heterocycles. The Balaban J connectivity index is 2.22. The van der Waals surface area contributed by atoms with Gasteiger partial charge in [0.25, 0.3) is 0 Å². The predicted octanol–water partition coefficient (Wildman–Crippen LogP) is 3.70. The van der Waals surface area contributed by atoms with Crippen molar-refractivity contribution in [2.24, 2.45) is 0 Å². The van der Waals surface area contributed by atoms with E-state index in [1.165, 1.54) is 0 Å². The molecule has 1 aromatic carbocycles. The van der Waals surface area contributed by atoms with Gasteiger partial charge in [0, 0.05) is 18.4 Å². The lowest BCUT2D eigenvalue weighted by Gasteiger charge is -2.07. The highest BCUT2D eigenvalue weighted by molar-refractivity contribution is 5.98. The molecule has 2 nitrogen and oxygen atoms in total. The first-order valence-electron chi connectivity index (χ1n) is 6.41. The van der Waals surface area contributed by atoms with Gasteiger partial charge in [-0.1, -0.05) is 37.3 Å². The molecule has 19 heavy (non-hydrogen) atoms. The molecule has 0 N–H and O–H groups in total. The summed E-state index contributed by atoms with van der Waals surface area (Å²) in [6, 6.07) is 9.73. The van der Waals surface area contributed by atoms with Crippen LogP contribution in [0.1, 0.15) is 31.7 Å². The lowest BCUT2D eigenvalue weighted by atomic mass is 10.1. The first-order chi connectivity index (χ1) is 9.24. The van der Waals surface area contributed by atoms with E-state index >= 15 is 0 Å². The Labute approximate surface area is 113 Å². The number of rotatable bonds is 4. The third kappa shape index (κ3) is 3.14. The van der Waals surface area contributed by atoms with Gasteiger partial charge in [0.2, 0.25) is 0 Å². The molecule has 0 aliphatic heterocycles. The maximum absolute atomic E-state index is 11.6. The quantitative estimate of drug-likeness (QED) is 0.603. The van der Waals surface area contributed by atoms with Crippen molar-refractivity contribution in [3.8, 4) is 12.3 Å². The Morgan fingerprint density at radius 3 is 2.74 bits per heavy atom. The number of Topliss-reactive ketones (excluding diaryl/α,β-unsaturated/α-hetero) is 1. The van der Waals surface area contributed by atoms with Gasteiger partial charge >= 0.3 is 0 Å². The van der Waals surface area contributed by atoms with Gasteiger partial charge in [0.1, 0.15) is 5.76 Å². The predicted molar refractivity (Wildman–Crippen MR) is 75.9 cm³/mol. The maximum Gasteiger partial charge on any atom is 0.177 e. The zero-order valence-corrected chi connectivity index (χ0v) is 11.0. The molecular weight excluding hydrogens is 236 g/mol. The summed E-state index contributed by atoms with van der Waals surface area (Å²) in [5, 5.41) is 0. The Kier molecular flexibility index (Phi) is 4.20. The first-order valence-corrected chi connectivity index (χ1v) is 6.41. The summed E-state index contributed by atoms with van der Waals surface area (Å²) in [5.74, 6) is 3.88. The molecule has 0 atom stereocenters. The topological polar surface area (TPSA) is 26.3 Å². The third-order valence-electron chi connectivity index (χ3n) is 3.08. The van der Waals surface area contributed by atoms with Gasteiger partial charge < -0.3 is 4.74 Å². The Morgan fingerprint density at radius 2 is 2.11 bits per heavy atom. The molecule has 0 heterocycles. The highest BCUT2D eigenvalue weighted by Crippen LogP contribution is 2.28. The Morgan fingerprint density at radius 1 is 1.37 bits per heavy atom. The van der Waals surface area contributed by atoms with E-state index in [0.717, 1.165) is 16.9 Å². The van der Waals surface area contributed by atoms with Gasteiger partial charge in [0.05, 0.1) is 0 Å². The van der Waals surface area contributed by atoms with Crippen molar-refractivity contribution in [2.45, 2.75) is 26.2 Å². The zero-order chi connectivity index (χ0) is 13.7. The lowest BCUT2D eigenvalue weighted by Crippen LogP contribution is -1.96. The van der Waals surface area contributed by atoms with Crippen LogP contribution in [-0.4, -0.2) is 5.78 Å². The second kappa shape index (κ2) is 6.06. The van der Waals surface area contributed by atoms with Crippen LogP contribution in [0.4, 0.5) is 0 Å². The van der Waals surface area contributed by atoms with Gasteiger partial charge in [0.15, 0.2) is 11.5 Å². The smallest absolute Gasteiger partial charge is 0.177 e. The van der Waals surface area contributed by atoms with Crippen molar-refractivity contribution >= 4 is 11.9 Å². The Bertz CT molecular complexity index is 571. The molecule has 1 aromatic rings. The van der Waals surface area contributed by atoms with E-state index in [1.54, 1.807) is 0 Å². The molecule has 0 saturated carbocycles. The normalized spacial score (nSPS) is 15.6. The summed E-state index contributed by atoms with van der Waals surface area (Å²) >= 11 is 0. The average Bonchev–Trinajstić information content (AvgIpc) is 2.79. The highest BCUT2D eigenvalue weighted by atomic mass is 16.5. The van der Waals surface area contributed by atoms with Gasteiger partial charge in [-0.25, -0.2) is 0 Å². The van der Waals surface area contributed by atoms with Gasteiger partial charge in [-0.3, -0.25) is 4.79 Å². The van der Waals surface area contributed by atoms with E-state index in [0.29, 0.717) is 25.0 Å². The number of ketones is 1. The number of carbonyl (C=O) groups excluding carboxylic acids is 1. The van der Waals surface area contributed by atoms with E-state index in [9.17, 15) is 4.79 Å². The number of benzene rings is 1. The number of hydrogen-bond donors (Lipinski definition) is 0. The van der Waals surface area contributed by atoms with Crippen molar-refractivity contribution < 1.29 is 9.53 Å². The van der Waals surface area contributed by atoms with Crippen LogP contribution in [0.5, 0.6) is 0 Å². The van der Waals surface area contributed by atoms with Crippen LogP contribution in [0.15, 0.2) is 47.4 Å². The molecule has 0 radical (unpaired) electrons. The minimum atomic E-state index is 0.175. The standard InChI is InChI=1S/C17H16O2/c1-3-14(12-13-8-6-5-7-9-13)19-17-11-10-16(18)15(17)4-2/h1,5-9,12H,4,10-11H2,2H3/b14-12+. The molecule has 0 aromatic heterocycles. The van der Waals surface area contributed by atoms with Crippen molar-refractivity contribution in [1.29, 1.82) is 0 Å². The Hall–Kier alpha value is -2.27. The third-order valence-corrected chi connectivity index (χ3v) is 3.08. The number of carbonyl (C=O) groups is 1. The fourth-order valence-electron chi connectivity index (χ4n) is 2.13. The second-order valence-corrected chi connectivity index (χ2v) is 4.34. The molecule has 0 spiro atoms. The molecule has 0 unspecified atom stereocenters. The summed E-state index contributed by atoms with van der Waals surface area (Å²) in [7, 11) is 0. The monoisotopic (exact) mass is 252 g/mol. The average molecular weight is 252 g/mol. The van der Waals surface area contributed by atoms with E-state index < -0.39 is 0 Å². The van der Waals surface area contributed by atoms with Crippen molar-refractivity contribution in [1.82, 2.24) is 0 Å². The summed E-state index contributed by atoms with van der Waals surface area (Å²) < 4.78 is 5.72. The first kappa shape index (κ1) is 13.2. The minimum Gasteiger partial charge on any atom is -0.452 e. The fourth-order valence-corrected chi connectivity index (χ4v) is 2.13. The minimum absolute atomic E-state index is 0.175. The summed E-state index contributed by atoms with van der Waals surface area (Å²) in [6.45, 7) is 1.96. The zero-order valence-electron chi connectivity index (χ0n) is 11.0. The summed E-state index contributed by atoms with van der Waals surface area (Å²) in [5.41, 5.74) is 1.76. The number of hydrogen-bond acceptors (Lipinski definition) is 2. The van der Waals surface area contributed by atoms with Crippen molar-refractivity contribution in [2.75, 3.05) is 0 Å². The van der Waals surface area contributed by atoms with E-state index in [-0.39, 0.29) is 5.78 Å². The largest absolute Gasteiger partial charge is 0.452 e. The number of ether oxygens (including phenoxy) is 1. The fraction of sp³-hybridized carbons (Fsp3) is 0.235. The van der Waals surface area contributed by atoms with Crippen LogP contribution >= 0.6 is 0 Å². The van der Waals surface area contributed by atoms with E-state index in [4.69, 9.17) is 11.2 Å². The van der Waals surface area contributed by atoms with E-state index in [1.807, 2.05) is 43.3 Å². The molecule has 1 aliphatic rings. The molecule has 96 valence electrons. The molecule has 2 rings (SSSR count). The number of allylic oxidation sites excluding steroid dienone is 3. The van der Waals surface area contributed by atoms with Crippen LogP contribution in [0, 0.1) is 12.3 Å². The highest BCUT2D eigenvalue weighted by Gasteiger charge is 2.23. The van der Waals surface area contributed by atoms with Gasteiger partial charge in [-0.2, -0.15) is 0 Å². The summed E-state index contributed by atoms with van der Waals surface area (Å²) in [4.78, 5) is 11.6. The van der Waals surface area contributed by atoms with Crippen LogP contribution < -0.4 is 0 Å².